The highest BCUT2D eigenvalue weighted by Crippen LogP contribution is 2.30. The Morgan fingerprint density at radius 1 is 1.37 bits per heavy atom. The summed E-state index contributed by atoms with van der Waals surface area (Å²) in [6.07, 6.45) is 1.84. The molecular weight excluding hydrogens is 248 g/mol. The van der Waals surface area contributed by atoms with Crippen LogP contribution in [0.2, 0.25) is 0 Å². The van der Waals surface area contributed by atoms with Gasteiger partial charge in [0.25, 0.3) is 11.8 Å². The molecule has 1 aliphatic rings. The van der Waals surface area contributed by atoms with E-state index in [0.717, 1.165) is 29.9 Å². The molecule has 0 atom stereocenters. The maximum Gasteiger partial charge on any atom is 0.309 e. The molecule has 0 aliphatic heterocycles. The fourth-order valence-corrected chi connectivity index (χ4v) is 1.83. The number of carbonyl (C=O) groups excluding carboxylic acids is 1. The number of esters is 1. The summed E-state index contributed by atoms with van der Waals surface area (Å²) in [7, 11) is 0. The predicted molar refractivity (Wildman–Crippen MR) is 64.0 cm³/mol. The number of hydrogen-bond acceptors (Lipinski definition) is 6. The monoisotopic (exact) mass is 262 g/mol. The predicted octanol–water partition coefficient (Wildman–Crippen LogP) is 2.40. The van der Waals surface area contributed by atoms with Gasteiger partial charge in [0.1, 0.15) is 11.5 Å². The van der Waals surface area contributed by atoms with Crippen LogP contribution < -0.4 is 0 Å². The Morgan fingerprint density at radius 3 is 2.79 bits per heavy atom. The highest BCUT2D eigenvalue weighted by Gasteiger charge is 2.31. The standard InChI is InChI=1S/C13H14N2O4/c1-7-5-10(8(2)18-7)12-15-14-11(19-12)6-17-13(16)9-3-4-9/h5,9H,3-4,6H2,1-2H3. The van der Waals surface area contributed by atoms with Gasteiger partial charge >= 0.3 is 5.97 Å². The minimum absolute atomic E-state index is 0.0260. The molecule has 100 valence electrons. The average molecular weight is 262 g/mol. The van der Waals surface area contributed by atoms with Crippen LogP contribution in [-0.2, 0) is 16.1 Å². The maximum absolute atomic E-state index is 11.4. The first-order chi connectivity index (χ1) is 9.13. The first-order valence-electron chi connectivity index (χ1n) is 6.20. The number of nitrogens with zero attached hydrogens (tertiary/aromatic N) is 2. The molecular formula is C13H14N2O4. The lowest BCUT2D eigenvalue weighted by molar-refractivity contribution is -0.147. The fraction of sp³-hybridized carbons (Fsp3) is 0.462. The third-order valence-corrected chi connectivity index (χ3v) is 2.99. The lowest BCUT2D eigenvalue weighted by Crippen LogP contribution is -2.06. The number of furan rings is 1. The van der Waals surface area contributed by atoms with Crippen molar-refractivity contribution in [2.75, 3.05) is 0 Å². The lowest BCUT2D eigenvalue weighted by Gasteiger charge is -1.98. The number of rotatable bonds is 4. The molecule has 2 heterocycles. The number of aromatic nitrogens is 2. The Kier molecular flexibility index (Phi) is 2.85. The summed E-state index contributed by atoms with van der Waals surface area (Å²) in [4.78, 5) is 11.4. The van der Waals surface area contributed by atoms with Crippen LogP contribution in [0, 0.1) is 19.8 Å². The molecule has 1 saturated carbocycles. The van der Waals surface area contributed by atoms with E-state index in [9.17, 15) is 4.79 Å². The van der Waals surface area contributed by atoms with Crippen LogP contribution in [0.1, 0.15) is 30.3 Å². The third kappa shape index (κ3) is 2.52. The van der Waals surface area contributed by atoms with Crippen molar-refractivity contribution in [2.24, 2.45) is 5.92 Å². The zero-order valence-electron chi connectivity index (χ0n) is 10.8. The SMILES string of the molecule is Cc1cc(-c2nnc(COC(=O)C3CC3)o2)c(C)o1. The van der Waals surface area contributed by atoms with E-state index in [1.165, 1.54) is 0 Å². The zero-order valence-corrected chi connectivity index (χ0v) is 10.8. The van der Waals surface area contributed by atoms with Crippen molar-refractivity contribution < 1.29 is 18.4 Å². The summed E-state index contributed by atoms with van der Waals surface area (Å²) in [6, 6.07) is 1.84. The Balaban J connectivity index is 1.68. The molecule has 0 radical (unpaired) electrons. The van der Waals surface area contributed by atoms with Crippen LogP contribution in [0.5, 0.6) is 0 Å². The zero-order chi connectivity index (χ0) is 13.4. The minimum Gasteiger partial charge on any atom is -0.466 e. The van der Waals surface area contributed by atoms with E-state index >= 15 is 0 Å². The van der Waals surface area contributed by atoms with Crippen LogP contribution in [0.3, 0.4) is 0 Å². The second kappa shape index (κ2) is 4.53. The quantitative estimate of drug-likeness (QED) is 0.787. The molecule has 1 fully saturated rings. The molecule has 0 amide bonds. The van der Waals surface area contributed by atoms with Crippen LogP contribution >= 0.6 is 0 Å². The van der Waals surface area contributed by atoms with Gasteiger partial charge in [-0.1, -0.05) is 0 Å². The number of carbonyl (C=O) groups is 1. The van der Waals surface area contributed by atoms with Gasteiger partial charge in [-0.25, -0.2) is 0 Å². The molecule has 1 aliphatic carbocycles. The van der Waals surface area contributed by atoms with Crippen LogP contribution in [0.15, 0.2) is 14.9 Å². The smallest absolute Gasteiger partial charge is 0.309 e. The van der Waals surface area contributed by atoms with Crippen LogP contribution in [-0.4, -0.2) is 16.2 Å². The summed E-state index contributed by atoms with van der Waals surface area (Å²) < 4.78 is 15.9. The van der Waals surface area contributed by atoms with Crippen molar-refractivity contribution in [3.05, 3.63) is 23.5 Å². The van der Waals surface area contributed by atoms with E-state index < -0.39 is 0 Å². The molecule has 6 heteroatoms. The van der Waals surface area contributed by atoms with E-state index in [-0.39, 0.29) is 18.5 Å². The largest absolute Gasteiger partial charge is 0.466 e. The molecule has 0 N–H and O–H groups in total. The summed E-state index contributed by atoms with van der Waals surface area (Å²) in [5.74, 6) is 2.07. The molecule has 0 bridgehead atoms. The maximum atomic E-state index is 11.4. The lowest BCUT2D eigenvalue weighted by atomic mass is 10.2. The van der Waals surface area contributed by atoms with E-state index in [1.807, 2.05) is 19.9 Å². The normalized spacial score (nSPS) is 14.6. The first kappa shape index (κ1) is 12.0. The van der Waals surface area contributed by atoms with E-state index in [1.54, 1.807) is 0 Å². The summed E-state index contributed by atoms with van der Waals surface area (Å²) in [5.41, 5.74) is 0.768. The number of aryl methyl sites for hydroxylation is 2. The van der Waals surface area contributed by atoms with Crippen LogP contribution in [0.25, 0.3) is 11.5 Å². The van der Waals surface area contributed by atoms with Gasteiger partial charge in [-0.15, -0.1) is 10.2 Å². The van der Waals surface area contributed by atoms with Gasteiger partial charge in [0.05, 0.1) is 11.5 Å². The van der Waals surface area contributed by atoms with E-state index in [4.69, 9.17) is 13.6 Å². The van der Waals surface area contributed by atoms with Gasteiger partial charge in [0.2, 0.25) is 0 Å². The van der Waals surface area contributed by atoms with Crippen LogP contribution in [0.4, 0.5) is 0 Å². The fourth-order valence-electron chi connectivity index (χ4n) is 1.83. The second-order valence-corrected chi connectivity index (χ2v) is 4.71. The van der Waals surface area contributed by atoms with E-state index in [0.29, 0.717) is 11.8 Å². The van der Waals surface area contributed by atoms with Gasteiger partial charge in [-0.3, -0.25) is 4.79 Å². The van der Waals surface area contributed by atoms with Crippen molar-refractivity contribution >= 4 is 5.97 Å². The van der Waals surface area contributed by atoms with Crippen molar-refractivity contribution in [3.8, 4) is 11.5 Å². The van der Waals surface area contributed by atoms with Gasteiger partial charge in [-0.05, 0) is 32.8 Å². The Morgan fingerprint density at radius 2 is 2.16 bits per heavy atom. The van der Waals surface area contributed by atoms with E-state index in [2.05, 4.69) is 10.2 Å². The highest BCUT2D eigenvalue weighted by atomic mass is 16.5. The molecule has 0 spiro atoms. The van der Waals surface area contributed by atoms with Crippen molar-refractivity contribution in [3.63, 3.8) is 0 Å². The molecule has 0 saturated heterocycles. The minimum atomic E-state index is -0.185. The molecule has 2 aromatic rings. The van der Waals surface area contributed by atoms with Crippen molar-refractivity contribution in [2.45, 2.75) is 33.3 Å². The molecule has 19 heavy (non-hydrogen) atoms. The number of hydrogen-bond donors (Lipinski definition) is 0. The number of ether oxygens (including phenoxy) is 1. The molecule has 3 rings (SSSR count). The molecule has 2 aromatic heterocycles. The molecule has 6 nitrogen and oxygen atoms in total. The first-order valence-corrected chi connectivity index (χ1v) is 6.20. The molecule has 0 unspecified atom stereocenters. The highest BCUT2D eigenvalue weighted by molar-refractivity contribution is 5.74. The average Bonchev–Trinajstić information content (AvgIpc) is 3.03. The molecule has 0 aromatic carbocycles. The summed E-state index contributed by atoms with van der Waals surface area (Å²) in [5, 5.41) is 7.79. The van der Waals surface area contributed by atoms with Gasteiger partial charge in [-0.2, -0.15) is 0 Å². The van der Waals surface area contributed by atoms with Gasteiger partial charge in [0.15, 0.2) is 6.61 Å². The van der Waals surface area contributed by atoms with Crippen molar-refractivity contribution in [1.29, 1.82) is 0 Å². The Hall–Kier alpha value is -2.11. The Labute approximate surface area is 109 Å². The second-order valence-electron chi connectivity index (χ2n) is 4.71. The Bertz CT molecular complexity index is 610. The summed E-state index contributed by atoms with van der Waals surface area (Å²) >= 11 is 0. The topological polar surface area (TPSA) is 78.4 Å². The van der Waals surface area contributed by atoms with Gasteiger partial charge in [0, 0.05) is 0 Å². The third-order valence-electron chi connectivity index (χ3n) is 2.99. The summed E-state index contributed by atoms with van der Waals surface area (Å²) in [6.45, 7) is 3.71. The van der Waals surface area contributed by atoms with Crippen molar-refractivity contribution in [1.82, 2.24) is 10.2 Å². The van der Waals surface area contributed by atoms with Gasteiger partial charge < -0.3 is 13.6 Å².